The van der Waals surface area contributed by atoms with E-state index in [1.165, 1.54) is 0 Å². The number of hydroxylamine groups is 1. The highest BCUT2D eigenvalue weighted by Crippen LogP contribution is 1.73. The summed E-state index contributed by atoms with van der Waals surface area (Å²) in [5, 5.41) is 9.55. The highest BCUT2D eigenvalue weighted by atomic mass is 127. The van der Waals surface area contributed by atoms with Crippen molar-refractivity contribution in [3.8, 4) is 0 Å². The van der Waals surface area contributed by atoms with E-state index in [0.717, 1.165) is 11.1 Å². The van der Waals surface area contributed by atoms with Crippen LogP contribution in [0.4, 0.5) is 0 Å². The molecule has 0 aromatic heterocycles. The van der Waals surface area contributed by atoms with Gasteiger partial charge in [0.1, 0.15) is 0 Å². The smallest absolute Gasteiger partial charge is 0.0963 e. The van der Waals surface area contributed by atoms with Gasteiger partial charge in [-0.25, -0.2) is 0 Å². The molecule has 0 spiro atoms. The van der Waals surface area contributed by atoms with Gasteiger partial charge in [-0.1, -0.05) is 6.58 Å². The SMILES string of the molecule is C=C(C)C[NH2+][O-].[I-]. The number of quaternary nitrogens is 1. The van der Waals surface area contributed by atoms with E-state index in [1.54, 1.807) is 0 Å². The highest BCUT2D eigenvalue weighted by molar-refractivity contribution is 4.85. The molecule has 2 N–H and O–H groups in total. The van der Waals surface area contributed by atoms with E-state index in [2.05, 4.69) is 6.58 Å². The van der Waals surface area contributed by atoms with Gasteiger partial charge in [0.2, 0.25) is 0 Å². The van der Waals surface area contributed by atoms with Crippen LogP contribution in [0.1, 0.15) is 6.92 Å². The number of nitrogens with two attached hydrogens (primary N) is 1. The maximum Gasteiger partial charge on any atom is 0.0963 e. The van der Waals surface area contributed by atoms with E-state index in [0.29, 0.717) is 6.54 Å². The van der Waals surface area contributed by atoms with E-state index in [-0.39, 0.29) is 24.0 Å². The summed E-state index contributed by atoms with van der Waals surface area (Å²) in [5.74, 6) is 0. The zero-order valence-electron chi connectivity index (χ0n) is 4.28. The zero-order chi connectivity index (χ0) is 4.99. The standard InChI is InChI=1S/C4H9NO.HI/c1-4(2)3-5-6;/h1,3,5H2,2H3;1H/p-1. The van der Waals surface area contributed by atoms with Crippen LogP contribution in [0.5, 0.6) is 0 Å². The Labute approximate surface area is 60.6 Å². The van der Waals surface area contributed by atoms with Gasteiger partial charge in [-0.3, -0.25) is 0 Å². The lowest BCUT2D eigenvalue weighted by Crippen LogP contribution is -3.00. The van der Waals surface area contributed by atoms with Crippen LogP contribution in [0.25, 0.3) is 0 Å². The van der Waals surface area contributed by atoms with Crippen molar-refractivity contribution in [2.24, 2.45) is 0 Å². The minimum absolute atomic E-state index is 0. The Morgan fingerprint density at radius 2 is 2.29 bits per heavy atom. The van der Waals surface area contributed by atoms with Crippen molar-refractivity contribution in [1.29, 1.82) is 0 Å². The Kier molecular flexibility index (Phi) is 9.48. The molecule has 2 nitrogen and oxygen atoms in total. The summed E-state index contributed by atoms with van der Waals surface area (Å²) in [5.41, 5.74) is 1.77. The van der Waals surface area contributed by atoms with Crippen molar-refractivity contribution in [3.05, 3.63) is 17.4 Å². The highest BCUT2D eigenvalue weighted by Gasteiger charge is 1.75. The summed E-state index contributed by atoms with van der Waals surface area (Å²) in [7, 11) is 0. The molecule has 0 aromatic rings. The van der Waals surface area contributed by atoms with Crippen molar-refractivity contribution < 1.29 is 29.5 Å². The van der Waals surface area contributed by atoms with E-state index in [9.17, 15) is 5.21 Å². The summed E-state index contributed by atoms with van der Waals surface area (Å²) in [6.07, 6.45) is 0. The van der Waals surface area contributed by atoms with Crippen molar-refractivity contribution in [3.63, 3.8) is 0 Å². The maximum absolute atomic E-state index is 9.55. The first kappa shape index (κ1) is 10.4. The molecule has 0 saturated heterocycles. The van der Waals surface area contributed by atoms with Gasteiger partial charge in [0, 0.05) is 0 Å². The lowest BCUT2D eigenvalue weighted by molar-refractivity contribution is -0.580. The number of hydrogen-bond acceptors (Lipinski definition) is 1. The molecular weight excluding hydrogens is 205 g/mol. The summed E-state index contributed by atoms with van der Waals surface area (Å²) >= 11 is 0. The van der Waals surface area contributed by atoms with Gasteiger partial charge in [0.05, 0.1) is 6.54 Å². The minimum atomic E-state index is 0. The number of halogens is 1. The molecule has 0 aromatic carbocycles. The fraction of sp³-hybridized carbons (Fsp3) is 0.500. The molecule has 0 aliphatic heterocycles. The summed E-state index contributed by atoms with van der Waals surface area (Å²) < 4.78 is 0. The van der Waals surface area contributed by atoms with Crippen LogP contribution < -0.4 is 29.5 Å². The van der Waals surface area contributed by atoms with Crippen LogP contribution in [0.3, 0.4) is 0 Å². The second kappa shape index (κ2) is 6.39. The molecule has 0 bridgehead atoms. The van der Waals surface area contributed by atoms with Gasteiger partial charge < -0.3 is 34.7 Å². The van der Waals surface area contributed by atoms with Crippen molar-refractivity contribution in [2.75, 3.05) is 6.54 Å². The predicted molar refractivity (Wildman–Crippen MR) is 25.0 cm³/mol. The third-order valence-electron chi connectivity index (χ3n) is 0.432. The molecule has 0 heterocycles. The second-order valence-electron chi connectivity index (χ2n) is 1.33. The Bertz CT molecular complexity index is 55.7. The van der Waals surface area contributed by atoms with Crippen LogP contribution >= 0.6 is 0 Å². The number of hydrogen-bond donors (Lipinski definition) is 1. The molecule has 0 amide bonds. The van der Waals surface area contributed by atoms with Gasteiger partial charge in [-0.05, 0) is 12.5 Å². The molecule has 0 aliphatic rings. The van der Waals surface area contributed by atoms with Crippen LogP contribution in [-0.4, -0.2) is 6.54 Å². The average molecular weight is 214 g/mol. The molecule has 44 valence electrons. The second-order valence-corrected chi connectivity index (χ2v) is 1.33. The number of rotatable bonds is 2. The fourth-order valence-corrected chi connectivity index (χ4v) is 0.142. The summed E-state index contributed by atoms with van der Waals surface area (Å²) in [4.78, 5) is 0. The maximum atomic E-state index is 9.55. The lowest BCUT2D eigenvalue weighted by Gasteiger charge is -1.97. The molecule has 0 unspecified atom stereocenters. The first-order valence-corrected chi connectivity index (χ1v) is 1.85. The van der Waals surface area contributed by atoms with Gasteiger partial charge >= 0.3 is 0 Å². The molecule has 0 fully saturated rings. The van der Waals surface area contributed by atoms with Crippen LogP contribution in [-0.2, 0) is 0 Å². The van der Waals surface area contributed by atoms with Crippen LogP contribution in [0.2, 0.25) is 0 Å². The van der Waals surface area contributed by atoms with Crippen molar-refractivity contribution in [2.45, 2.75) is 6.92 Å². The Hall–Kier alpha value is 0.390. The molecule has 0 atom stereocenters. The first-order valence-electron chi connectivity index (χ1n) is 1.85. The first-order chi connectivity index (χ1) is 2.77. The molecular formula is C4H9INO-. The molecule has 3 heteroatoms. The van der Waals surface area contributed by atoms with E-state index < -0.39 is 0 Å². The third-order valence-corrected chi connectivity index (χ3v) is 0.432. The van der Waals surface area contributed by atoms with Gasteiger partial charge in [-0.2, -0.15) is 0 Å². The Morgan fingerprint density at radius 3 is 2.29 bits per heavy atom. The average Bonchev–Trinajstić information content (AvgIpc) is 1.35. The van der Waals surface area contributed by atoms with Crippen molar-refractivity contribution in [1.82, 2.24) is 0 Å². The lowest BCUT2D eigenvalue weighted by atomic mass is 10.4. The fourth-order valence-electron chi connectivity index (χ4n) is 0.142. The minimum Gasteiger partial charge on any atom is -1.00 e. The molecule has 0 saturated carbocycles. The van der Waals surface area contributed by atoms with Gasteiger partial charge in [0.25, 0.3) is 0 Å². The zero-order valence-corrected chi connectivity index (χ0v) is 6.44. The summed E-state index contributed by atoms with van der Waals surface area (Å²) in [6, 6.07) is 0. The Morgan fingerprint density at radius 1 is 1.86 bits per heavy atom. The van der Waals surface area contributed by atoms with E-state index in [1.807, 2.05) is 6.92 Å². The van der Waals surface area contributed by atoms with E-state index >= 15 is 0 Å². The topological polar surface area (TPSA) is 39.7 Å². The van der Waals surface area contributed by atoms with Crippen molar-refractivity contribution >= 4 is 0 Å². The molecule has 0 radical (unpaired) electrons. The predicted octanol–water partition coefficient (Wildman–Crippen LogP) is -3.37. The molecule has 0 rings (SSSR count). The summed E-state index contributed by atoms with van der Waals surface area (Å²) in [6.45, 7) is 5.84. The van der Waals surface area contributed by atoms with Crippen LogP contribution in [0.15, 0.2) is 12.2 Å². The van der Waals surface area contributed by atoms with Crippen LogP contribution in [0, 0.1) is 5.21 Å². The normalized spacial score (nSPS) is 7.14. The van der Waals surface area contributed by atoms with Gasteiger partial charge in [-0.15, -0.1) is 0 Å². The third kappa shape index (κ3) is 10.7. The van der Waals surface area contributed by atoms with E-state index in [4.69, 9.17) is 0 Å². The molecule has 7 heavy (non-hydrogen) atoms. The molecule has 0 aliphatic carbocycles. The monoisotopic (exact) mass is 214 g/mol. The largest absolute Gasteiger partial charge is 1.00 e. The quantitative estimate of drug-likeness (QED) is 0.291. The van der Waals surface area contributed by atoms with Gasteiger partial charge in [0.15, 0.2) is 0 Å². The Balaban J connectivity index is 0.